The largest absolute Gasteiger partial charge is 0.385 e. The van der Waals surface area contributed by atoms with Gasteiger partial charge in [0.05, 0.1) is 0 Å². The fraction of sp³-hybridized carbons (Fsp3) is 0.625. The molecule has 0 radical (unpaired) electrons. The number of benzene rings is 1. The predicted molar refractivity (Wildman–Crippen MR) is 76.9 cm³/mol. The Morgan fingerprint density at radius 2 is 2.00 bits per heavy atom. The number of hydrogen-bond donors (Lipinski definition) is 2. The third-order valence-corrected chi connectivity index (χ3v) is 4.52. The highest BCUT2D eigenvalue weighted by Crippen LogP contribution is 2.29. The van der Waals surface area contributed by atoms with Crippen molar-refractivity contribution < 1.29 is 0 Å². The molecule has 1 fully saturated rings. The van der Waals surface area contributed by atoms with Crippen molar-refractivity contribution in [3.63, 3.8) is 0 Å². The summed E-state index contributed by atoms with van der Waals surface area (Å²) in [4.78, 5) is 0. The maximum Gasteiger partial charge on any atom is 0.0372 e. The number of anilines is 1. The van der Waals surface area contributed by atoms with Crippen LogP contribution in [0.25, 0.3) is 0 Å². The summed E-state index contributed by atoms with van der Waals surface area (Å²) in [7, 11) is 0. The molecule has 0 spiro atoms. The number of nitrogens with one attached hydrogen (secondary N) is 1. The minimum Gasteiger partial charge on any atom is -0.385 e. The van der Waals surface area contributed by atoms with Gasteiger partial charge in [0.1, 0.15) is 0 Å². The molecule has 0 amide bonds. The Kier molecular flexibility index (Phi) is 3.55. The van der Waals surface area contributed by atoms with E-state index in [1.165, 1.54) is 61.8 Å². The van der Waals surface area contributed by atoms with Gasteiger partial charge in [-0.05, 0) is 68.1 Å². The Morgan fingerprint density at radius 1 is 1.17 bits per heavy atom. The van der Waals surface area contributed by atoms with Crippen LogP contribution in [0.4, 0.5) is 5.69 Å². The zero-order valence-corrected chi connectivity index (χ0v) is 11.1. The summed E-state index contributed by atoms with van der Waals surface area (Å²) in [6.45, 7) is 1.13. The molecule has 1 aromatic carbocycles. The van der Waals surface area contributed by atoms with Gasteiger partial charge < -0.3 is 11.1 Å². The van der Waals surface area contributed by atoms with Gasteiger partial charge >= 0.3 is 0 Å². The number of rotatable bonds is 2. The Hall–Kier alpha value is -1.02. The lowest BCUT2D eigenvalue weighted by atomic mass is 9.82. The van der Waals surface area contributed by atoms with E-state index in [1.54, 1.807) is 0 Å². The van der Waals surface area contributed by atoms with Crippen LogP contribution in [0.3, 0.4) is 0 Å². The molecular weight excluding hydrogens is 220 g/mol. The first-order valence-electron chi connectivity index (χ1n) is 7.42. The molecule has 0 bridgehead atoms. The third-order valence-electron chi connectivity index (χ3n) is 4.52. The first-order valence-corrected chi connectivity index (χ1v) is 7.42. The van der Waals surface area contributed by atoms with E-state index in [9.17, 15) is 0 Å². The van der Waals surface area contributed by atoms with Crippen LogP contribution in [0.2, 0.25) is 0 Å². The van der Waals surface area contributed by atoms with E-state index in [4.69, 9.17) is 5.73 Å². The number of hydrogen-bond acceptors (Lipinski definition) is 2. The van der Waals surface area contributed by atoms with Crippen molar-refractivity contribution >= 4 is 5.69 Å². The van der Waals surface area contributed by atoms with Crippen LogP contribution in [0, 0.1) is 5.92 Å². The van der Waals surface area contributed by atoms with Gasteiger partial charge in [-0.25, -0.2) is 0 Å². The first-order chi connectivity index (χ1) is 8.81. The van der Waals surface area contributed by atoms with E-state index in [2.05, 4.69) is 23.5 Å². The fourth-order valence-electron chi connectivity index (χ4n) is 3.38. The van der Waals surface area contributed by atoms with E-state index < -0.39 is 0 Å². The van der Waals surface area contributed by atoms with Gasteiger partial charge in [-0.3, -0.25) is 0 Å². The van der Waals surface area contributed by atoms with Gasteiger partial charge in [0.15, 0.2) is 0 Å². The van der Waals surface area contributed by atoms with Crippen molar-refractivity contribution in [3.8, 4) is 0 Å². The summed E-state index contributed by atoms with van der Waals surface area (Å²) < 4.78 is 0. The van der Waals surface area contributed by atoms with Crippen LogP contribution >= 0.6 is 0 Å². The van der Waals surface area contributed by atoms with E-state index in [0.717, 1.165) is 12.5 Å². The van der Waals surface area contributed by atoms with Crippen molar-refractivity contribution in [1.29, 1.82) is 0 Å². The van der Waals surface area contributed by atoms with Gasteiger partial charge in [-0.1, -0.05) is 12.1 Å². The Bertz CT molecular complexity index is 406. The molecular formula is C16H24N2. The quantitative estimate of drug-likeness (QED) is 0.839. The molecule has 1 heterocycles. The van der Waals surface area contributed by atoms with E-state index in [-0.39, 0.29) is 0 Å². The van der Waals surface area contributed by atoms with Crippen molar-refractivity contribution in [1.82, 2.24) is 0 Å². The van der Waals surface area contributed by atoms with Crippen molar-refractivity contribution in [2.75, 3.05) is 11.9 Å². The Balaban J connectivity index is 1.66. The van der Waals surface area contributed by atoms with Gasteiger partial charge in [0.25, 0.3) is 0 Å². The second kappa shape index (κ2) is 5.31. The molecule has 2 heteroatoms. The molecule has 1 aromatic rings. The van der Waals surface area contributed by atoms with Crippen LogP contribution in [-0.4, -0.2) is 12.6 Å². The lowest BCUT2D eigenvalue weighted by molar-refractivity contribution is 0.325. The van der Waals surface area contributed by atoms with Gasteiger partial charge in [-0.15, -0.1) is 0 Å². The predicted octanol–water partition coefficient (Wildman–Crippen LogP) is 3.10. The molecule has 0 saturated heterocycles. The molecule has 1 saturated carbocycles. The smallest absolute Gasteiger partial charge is 0.0372 e. The van der Waals surface area contributed by atoms with Crippen LogP contribution in [0.1, 0.15) is 43.2 Å². The van der Waals surface area contributed by atoms with Crippen LogP contribution in [-0.2, 0) is 12.8 Å². The summed E-state index contributed by atoms with van der Waals surface area (Å²) in [5.41, 5.74) is 10.4. The van der Waals surface area contributed by atoms with E-state index in [1.807, 2.05) is 0 Å². The summed E-state index contributed by atoms with van der Waals surface area (Å²) in [6.07, 6.45) is 8.84. The maximum atomic E-state index is 5.97. The lowest BCUT2D eigenvalue weighted by Crippen LogP contribution is -2.27. The Morgan fingerprint density at radius 3 is 2.83 bits per heavy atom. The molecule has 18 heavy (non-hydrogen) atoms. The highest BCUT2D eigenvalue weighted by molar-refractivity contribution is 5.54. The third kappa shape index (κ3) is 2.69. The second-order valence-electron chi connectivity index (χ2n) is 6.01. The van der Waals surface area contributed by atoms with Crippen molar-refractivity contribution in [2.45, 2.75) is 51.0 Å². The van der Waals surface area contributed by atoms with Crippen molar-refractivity contribution in [2.24, 2.45) is 11.7 Å². The zero-order valence-electron chi connectivity index (χ0n) is 11.1. The van der Waals surface area contributed by atoms with Crippen molar-refractivity contribution in [3.05, 3.63) is 29.3 Å². The Labute approximate surface area is 110 Å². The molecule has 1 aliphatic heterocycles. The minimum atomic E-state index is 0.467. The average molecular weight is 244 g/mol. The summed E-state index contributed by atoms with van der Waals surface area (Å²) in [6, 6.07) is 7.48. The number of fused-ring (bicyclic) bond motifs is 1. The highest BCUT2D eigenvalue weighted by Gasteiger charge is 2.19. The summed E-state index contributed by atoms with van der Waals surface area (Å²) in [5.74, 6) is 0.861. The fourth-order valence-corrected chi connectivity index (χ4v) is 3.38. The number of nitrogens with two attached hydrogens (primary N) is 1. The zero-order chi connectivity index (χ0) is 12.4. The summed E-state index contributed by atoms with van der Waals surface area (Å²) >= 11 is 0. The van der Waals surface area contributed by atoms with E-state index in [0.29, 0.717) is 6.04 Å². The molecule has 0 unspecified atom stereocenters. The molecule has 0 aromatic heterocycles. The molecule has 3 rings (SSSR count). The monoisotopic (exact) mass is 244 g/mol. The molecule has 2 nitrogen and oxygen atoms in total. The topological polar surface area (TPSA) is 38.0 Å². The minimum absolute atomic E-state index is 0.467. The average Bonchev–Trinajstić information content (AvgIpc) is 2.41. The molecule has 0 atom stereocenters. The first kappa shape index (κ1) is 12.0. The highest BCUT2D eigenvalue weighted by atomic mass is 14.9. The standard InChI is InChI=1S/C16H24N2/c17-15-6-3-12(4-7-15)10-13-5-8-16-14(11-13)2-1-9-18-16/h5,8,11-12,15,18H,1-4,6-7,9-10,17H2. The SMILES string of the molecule is NC1CCC(Cc2ccc3c(c2)CCCN3)CC1. The van der Waals surface area contributed by atoms with Crippen LogP contribution < -0.4 is 11.1 Å². The molecule has 1 aliphatic carbocycles. The second-order valence-corrected chi connectivity index (χ2v) is 6.01. The summed E-state index contributed by atoms with van der Waals surface area (Å²) in [5, 5.41) is 3.48. The lowest BCUT2D eigenvalue weighted by Gasteiger charge is -2.26. The van der Waals surface area contributed by atoms with E-state index >= 15 is 0 Å². The molecule has 3 N–H and O–H groups in total. The normalized spacial score (nSPS) is 27.4. The molecule has 2 aliphatic rings. The van der Waals surface area contributed by atoms with Gasteiger partial charge in [0, 0.05) is 18.3 Å². The maximum absolute atomic E-state index is 5.97. The van der Waals surface area contributed by atoms with Crippen LogP contribution in [0.5, 0.6) is 0 Å². The molecule has 98 valence electrons. The van der Waals surface area contributed by atoms with Gasteiger partial charge in [0.2, 0.25) is 0 Å². The van der Waals surface area contributed by atoms with Crippen LogP contribution in [0.15, 0.2) is 18.2 Å². The number of aryl methyl sites for hydroxylation is 1. The van der Waals surface area contributed by atoms with Gasteiger partial charge in [-0.2, -0.15) is 0 Å².